The van der Waals surface area contributed by atoms with E-state index in [1.54, 1.807) is 0 Å². The van der Waals surface area contributed by atoms with Gasteiger partial charge >= 0.3 is 0 Å². The summed E-state index contributed by atoms with van der Waals surface area (Å²) in [5.74, 6) is 1.12. The minimum absolute atomic E-state index is 0.223. The minimum Gasteiger partial charge on any atom is -0.381 e. The van der Waals surface area contributed by atoms with E-state index in [1.807, 2.05) is 6.92 Å². The van der Waals surface area contributed by atoms with Crippen molar-refractivity contribution in [3.63, 3.8) is 0 Å². The first-order chi connectivity index (χ1) is 8.31. The Balaban J connectivity index is 1.81. The maximum atomic E-state index is 12.3. The second-order valence-corrected chi connectivity index (χ2v) is 5.14. The Bertz CT molecular complexity index is 252. The first kappa shape index (κ1) is 12.8. The third-order valence-electron chi connectivity index (χ3n) is 3.80. The monoisotopic (exact) mass is 240 g/mol. The van der Waals surface area contributed by atoms with Crippen LogP contribution in [0.3, 0.4) is 0 Å². The highest BCUT2D eigenvalue weighted by Crippen LogP contribution is 2.20. The summed E-state index contributed by atoms with van der Waals surface area (Å²) in [6.45, 7) is 7.31. The first-order valence-corrected chi connectivity index (χ1v) is 6.88. The summed E-state index contributed by atoms with van der Waals surface area (Å²) in [6, 6.07) is 0. The summed E-state index contributed by atoms with van der Waals surface area (Å²) in [7, 11) is 0. The van der Waals surface area contributed by atoms with Gasteiger partial charge in [-0.3, -0.25) is 4.79 Å². The summed E-state index contributed by atoms with van der Waals surface area (Å²) in [5.41, 5.74) is 0. The van der Waals surface area contributed by atoms with Crippen LogP contribution in [0, 0.1) is 11.8 Å². The molecule has 2 unspecified atom stereocenters. The molecule has 0 saturated carbocycles. The van der Waals surface area contributed by atoms with Gasteiger partial charge in [0, 0.05) is 26.2 Å². The van der Waals surface area contributed by atoms with Crippen LogP contribution in [-0.4, -0.2) is 50.2 Å². The fourth-order valence-corrected chi connectivity index (χ4v) is 2.81. The predicted molar refractivity (Wildman–Crippen MR) is 66.8 cm³/mol. The van der Waals surface area contributed by atoms with E-state index in [4.69, 9.17) is 4.74 Å². The molecule has 0 aliphatic carbocycles. The summed E-state index contributed by atoms with van der Waals surface area (Å²) in [4.78, 5) is 14.3. The van der Waals surface area contributed by atoms with Crippen molar-refractivity contribution >= 4 is 5.91 Å². The molecule has 1 N–H and O–H groups in total. The van der Waals surface area contributed by atoms with Crippen LogP contribution >= 0.6 is 0 Å². The van der Waals surface area contributed by atoms with E-state index in [0.717, 1.165) is 52.2 Å². The second kappa shape index (κ2) is 6.36. The van der Waals surface area contributed by atoms with Gasteiger partial charge in [0.05, 0.1) is 12.5 Å². The third-order valence-corrected chi connectivity index (χ3v) is 3.80. The van der Waals surface area contributed by atoms with Crippen molar-refractivity contribution in [2.45, 2.75) is 26.2 Å². The number of hydrogen-bond donors (Lipinski definition) is 1. The number of nitrogens with zero attached hydrogens (tertiary/aromatic N) is 1. The molecule has 17 heavy (non-hydrogen) atoms. The average molecular weight is 240 g/mol. The highest BCUT2D eigenvalue weighted by atomic mass is 16.5. The number of carbonyl (C=O) groups is 1. The molecule has 0 spiro atoms. The molecule has 2 saturated heterocycles. The van der Waals surface area contributed by atoms with Gasteiger partial charge in [0.2, 0.25) is 5.91 Å². The number of amides is 1. The zero-order valence-electron chi connectivity index (χ0n) is 10.8. The maximum absolute atomic E-state index is 12.3. The quantitative estimate of drug-likeness (QED) is 0.793. The SMILES string of the molecule is CCOCC1CCCN(C(=O)C2CCNC2)C1. The van der Waals surface area contributed by atoms with E-state index in [9.17, 15) is 4.79 Å². The van der Waals surface area contributed by atoms with Gasteiger partial charge in [-0.25, -0.2) is 0 Å². The highest BCUT2D eigenvalue weighted by Gasteiger charge is 2.30. The molecular formula is C13H24N2O2. The molecule has 2 aliphatic rings. The lowest BCUT2D eigenvalue weighted by molar-refractivity contribution is -0.137. The molecule has 0 bridgehead atoms. The van der Waals surface area contributed by atoms with Crippen LogP contribution in [0.5, 0.6) is 0 Å². The van der Waals surface area contributed by atoms with E-state index < -0.39 is 0 Å². The Morgan fingerprint density at radius 3 is 3.06 bits per heavy atom. The van der Waals surface area contributed by atoms with Crippen molar-refractivity contribution in [1.29, 1.82) is 0 Å². The Labute approximate surface area is 104 Å². The molecule has 1 amide bonds. The molecule has 98 valence electrons. The lowest BCUT2D eigenvalue weighted by Crippen LogP contribution is -2.44. The van der Waals surface area contributed by atoms with E-state index >= 15 is 0 Å². The number of piperidine rings is 1. The first-order valence-electron chi connectivity index (χ1n) is 6.88. The Hall–Kier alpha value is -0.610. The molecule has 0 aromatic rings. The molecule has 2 heterocycles. The fourth-order valence-electron chi connectivity index (χ4n) is 2.81. The van der Waals surface area contributed by atoms with Gasteiger partial charge in [-0.1, -0.05) is 0 Å². The normalized spacial score (nSPS) is 29.6. The van der Waals surface area contributed by atoms with Crippen LogP contribution in [0.4, 0.5) is 0 Å². The van der Waals surface area contributed by atoms with Crippen LogP contribution in [0.15, 0.2) is 0 Å². The Morgan fingerprint density at radius 2 is 2.35 bits per heavy atom. The van der Waals surface area contributed by atoms with Crippen molar-refractivity contribution in [3.05, 3.63) is 0 Å². The largest absolute Gasteiger partial charge is 0.381 e. The lowest BCUT2D eigenvalue weighted by atomic mass is 9.97. The van der Waals surface area contributed by atoms with E-state index in [0.29, 0.717) is 11.8 Å². The van der Waals surface area contributed by atoms with Crippen molar-refractivity contribution in [1.82, 2.24) is 10.2 Å². The summed E-state index contributed by atoms with van der Waals surface area (Å²) in [5, 5.41) is 3.27. The molecule has 2 rings (SSSR count). The molecule has 0 radical (unpaired) electrons. The standard InChI is InChI=1S/C13H24N2O2/c1-2-17-10-11-4-3-7-15(9-11)13(16)12-5-6-14-8-12/h11-12,14H,2-10H2,1H3. The van der Waals surface area contributed by atoms with Gasteiger partial charge in [-0.05, 0) is 38.6 Å². The van der Waals surface area contributed by atoms with Crippen LogP contribution in [0.1, 0.15) is 26.2 Å². The van der Waals surface area contributed by atoms with Crippen LogP contribution in [-0.2, 0) is 9.53 Å². The minimum atomic E-state index is 0.223. The van der Waals surface area contributed by atoms with Gasteiger partial charge < -0.3 is 15.0 Å². The number of likely N-dealkylation sites (tertiary alicyclic amines) is 1. The Kier molecular flexibility index (Phi) is 4.80. The van der Waals surface area contributed by atoms with Gasteiger partial charge in [-0.15, -0.1) is 0 Å². The van der Waals surface area contributed by atoms with Crippen LogP contribution < -0.4 is 5.32 Å². The second-order valence-electron chi connectivity index (χ2n) is 5.14. The van der Waals surface area contributed by atoms with Gasteiger partial charge in [0.1, 0.15) is 0 Å². The molecule has 0 aromatic heterocycles. The zero-order chi connectivity index (χ0) is 12.1. The van der Waals surface area contributed by atoms with Gasteiger partial charge in [0.15, 0.2) is 0 Å². The van der Waals surface area contributed by atoms with E-state index in [2.05, 4.69) is 10.2 Å². The number of carbonyl (C=O) groups excluding carboxylic acids is 1. The third kappa shape index (κ3) is 3.42. The number of ether oxygens (including phenoxy) is 1. The molecular weight excluding hydrogens is 216 g/mol. The highest BCUT2D eigenvalue weighted by molar-refractivity contribution is 5.79. The van der Waals surface area contributed by atoms with Crippen molar-refractivity contribution in [2.75, 3.05) is 39.4 Å². The number of rotatable bonds is 4. The fraction of sp³-hybridized carbons (Fsp3) is 0.923. The molecule has 2 atom stereocenters. The summed E-state index contributed by atoms with van der Waals surface area (Å²) >= 11 is 0. The van der Waals surface area contributed by atoms with Crippen LogP contribution in [0.2, 0.25) is 0 Å². The van der Waals surface area contributed by atoms with E-state index in [1.165, 1.54) is 6.42 Å². The van der Waals surface area contributed by atoms with Crippen molar-refractivity contribution < 1.29 is 9.53 Å². The molecule has 2 aliphatic heterocycles. The summed E-state index contributed by atoms with van der Waals surface area (Å²) < 4.78 is 5.48. The van der Waals surface area contributed by atoms with Gasteiger partial charge in [0.25, 0.3) is 0 Å². The topological polar surface area (TPSA) is 41.6 Å². The van der Waals surface area contributed by atoms with Crippen LogP contribution in [0.25, 0.3) is 0 Å². The molecule has 2 fully saturated rings. The summed E-state index contributed by atoms with van der Waals surface area (Å²) in [6.07, 6.45) is 3.34. The average Bonchev–Trinajstić information content (AvgIpc) is 2.89. The predicted octanol–water partition coefficient (Wildman–Crippen LogP) is 0.871. The van der Waals surface area contributed by atoms with Crippen molar-refractivity contribution in [3.8, 4) is 0 Å². The molecule has 4 nitrogen and oxygen atoms in total. The smallest absolute Gasteiger partial charge is 0.227 e. The van der Waals surface area contributed by atoms with Gasteiger partial charge in [-0.2, -0.15) is 0 Å². The van der Waals surface area contributed by atoms with Crippen molar-refractivity contribution in [2.24, 2.45) is 11.8 Å². The number of nitrogens with one attached hydrogen (secondary N) is 1. The Morgan fingerprint density at radius 1 is 1.47 bits per heavy atom. The molecule has 4 heteroatoms. The van der Waals surface area contributed by atoms with E-state index in [-0.39, 0.29) is 5.92 Å². The lowest BCUT2D eigenvalue weighted by Gasteiger charge is -2.34. The number of hydrogen-bond acceptors (Lipinski definition) is 3. The maximum Gasteiger partial charge on any atom is 0.227 e. The zero-order valence-corrected chi connectivity index (χ0v) is 10.8. The molecule has 0 aromatic carbocycles.